The third kappa shape index (κ3) is 5.14. The summed E-state index contributed by atoms with van der Waals surface area (Å²) in [4.78, 5) is 23.9. The van der Waals surface area contributed by atoms with Gasteiger partial charge in [0.15, 0.2) is 11.5 Å². The van der Waals surface area contributed by atoms with E-state index in [1.165, 1.54) is 14.2 Å². The fourth-order valence-corrected chi connectivity index (χ4v) is 2.29. The first-order valence-corrected chi connectivity index (χ1v) is 8.01. The molecule has 138 valence electrons. The van der Waals surface area contributed by atoms with Crippen molar-refractivity contribution in [3.8, 4) is 17.2 Å². The van der Waals surface area contributed by atoms with Gasteiger partial charge in [0.1, 0.15) is 5.75 Å². The highest BCUT2D eigenvalue weighted by Gasteiger charge is 2.14. The van der Waals surface area contributed by atoms with Gasteiger partial charge in [-0.3, -0.25) is 9.59 Å². The number of benzene rings is 2. The molecule has 0 aliphatic carbocycles. The van der Waals surface area contributed by atoms with E-state index in [1.54, 1.807) is 25.3 Å². The lowest BCUT2D eigenvalue weighted by atomic mass is 10.1. The molecule has 0 aliphatic rings. The second kappa shape index (κ2) is 9.31. The largest absolute Gasteiger partial charge is 0.497 e. The molecule has 0 bridgehead atoms. The van der Waals surface area contributed by atoms with Crippen molar-refractivity contribution in [3.63, 3.8) is 0 Å². The zero-order valence-electron chi connectivity index (χ0n) is 15.0. The van der Waals surface area contributed by atoms with Crippen LogP contribution in [0.5, 0.6) is 17.2 Å². The fraction of sp³-hybridized carbons (Fsp3) is 0.263. The summed E-state index contributed by atoms with van der Waals surface area (Å²) in [6.45, 7) is 0.352. The summed E-state index contributed by atoms with van der Waals surface area (Å²) in [6.07, 6.45) is 0.610. The van der Waals surface area contributed by atoms with E-state index in [2.05, 4.69) is 10.6 Å². The number of hydrogen-bond acceptors (Lipinski definition) is 5. The molecular formula is C19H22N2O5. The van der Waals surface area contributed by atoms with Gasteiger partial charge in [0.25, 0.3) is 0 Å². The fourth-order valence-electron chi connectivity index (χ4n) is 2.29. The van der Waals surface area contributed by atoms with Crippen molar-refractivity contribution >= 4 is 17.5 Å². The highest BCUT2D eigenvalue weighted by atomic mass is 16.5. The van der Waals surface area contributed by atoms with Crippen LogP contribution in [0.25, 0.3) is 0 Å². The maximum atomic E-state index is 12.0. The third-order valence-corrected chi connectivity index (χ3v) is 3.71. The van der Waals surface area contributed by atoms with Gasteiger partial charge in [-0.25, -0.2) is 0 Å². The molecule has 2 aromatic rings. The van der Waals surface area contributed by atoms with Crippen molar-refractivity contribution < 1.29 is 23.8 Å². The normalized spacial score (nSPS) is 9.96. The molecule has 0 radical (unpaired) electrons. The molecule has 2 amide bonds. The highest BCUT2D eigenvalue weighted by Crippen LogP contribution is 2.29. The molecule has 0 saturated carbocycles. The van der Waals surface area contributed by atoms with Crippen LogP contribution in [-0.4, -0.2) is 39.7 Å². The predicted octanol–water partition coefficient (Wildman–Crippen LogP) is 2.01. The molecule has 0 atom stereocenters. The summed E-state index contributed by atoms with van der Waals surface area (Å²) < 4.78 is 15.4. The van der Waals surface area contributed by atoms with E-state index < -0.39 is 11.8 Å². The third-order valence-electron chi connectivity index (χ3n) is 3.71. The van der Waals surface area contributed by atoms with Crippen LogP contribution in [0.1, 0.15) is 5.56 Å². The monoisotopic (exact) mass is 358 g/mol. The summed E-state index contributed by atoms with van der Waals surface area (Å²) in [7, 11) is 4.62. The van der Waals surface area contributed by atoms with E-state index in [9.17, 15) is 9.59 Å². The Kier molecular flexibility index (Phi) is 6.84. The van der Waals surface area contributed by atoms with Crippen LogP contribution < -0.4 is 24.8 Å². The van der Waals surface area contributed by atoms with Crippen LogP contribution in [0.15, 0.2) is 42.5 Å². The molecule has 26 heavy (non-hydrogen) atoms. The van der Waals surface area contributed by atoms with E-state index in [4.69, 9.17) is 14.2 Å². The Hall–Kier alpha value is -3.22. The summed E-state index contributed by atoms with van der Waals surface area (Å²) in [5.74, 6) is 0.326. The Morgan fingerprint density at radius 1 is 0.846 bits per heavy atom. The molecule has 0 saturated heterocycles. The Labute approximate surface area is 152 Å². The number of amides is 2. The molecule has 0 fully saturated rings. The average molecular weight is 358 g/mol. The summed E-state index contributed by atoms with van der Waals surface area (Å²) in [6, 6.07) is 12.4. The first kappa shape index (κ1) is 19.1. The molecule has 0 spiro atoms. The van der Waals surface area contributed by atoms with E-state index >= 15 is 0 Å². The second-order valence-corrected chi connectivity index (χ2v) is 5.38. The van der Waals surface area contributed by atoms with Gasteiger partial charge in [-0.2, -0.15) is 0 Å². The molecule has 0 heterocycles. The van der Waals surface area contributed by atoms with E-state index in [0.717, 1.165) is 11.3 Å². The van der Waals surface area contributed by atoms with Crippen LogP contribution in [0.4, 0.5) is 5.69 Å². The van der Waals surface area contributed by atoms with Gasteiger partial charge in [-0.05, 0) is 36.2 Å². The molecule has 2 rings (SSSR count). The zero-order valence-corrected chi connectivity index (χ0v) is 15.0. The van der Waals surface area contributed by atoms with Gasteiger partial charge in [0.05, 0.1) is 21.3 Å². The summed E-state index contributed by atoms with van der Waals surface area (Å²) >= 11 is 0. The van der Waals surface area contributed by atoms with Crippen LogP contribution in [-0.2, 0) is 16.0 Å². The lowest BCUT2D eigenvalue weighted by molar-refractivity contribution is -0.136. The van der Waals surface area contributed by atoms with Crippen LogP contribution in [0.3, 0.4) is 0 Å². The number of rotatable bonds is 7. The smallest absolute Gasteiger partial charge is 0.313 e. The summed E-state index contributed by atoms with van der Waals surface area (Å²) in [5, 5.41) is 5.12. The number of ether oxygens (including phenoxy) is 3. The van der Waals surface area contributed by atoms with E-state index in [0.29, 0.717) is 30.2 Å². The van der Waals surface area contributed by atoms with Gasteiger partial charge in [-0.1, -0.05) is 12.1 Å². The SMILES string of the molecule is COc1ccc(CCNC(=O)C(=O)Nc2ccc(OC)c(OC)c2)cc1. The summed E-state index contributed by atoms with van der Waals surface area (Å²) in [5.41, 5.74) is 1.48. The lowest BCUT2D eigenvalue weighted by Gasteiger charge is -2.10. The molecule has 0 aliphatic heterocycles. The second-order valence-electron chi connectivity index (χ2n) is 5.38. The average Bonchev–Trinajstić information content (AvgIpc) is 2.68. The van der Waals surface area contributed by atoms with E-state index in [-0.39, 0.29) is 0 Å². The van der Waals surface area contributed by atoms with Crippen LogP contribution >= 0.6 is 0 Å². The number of anilines is 1. The van der Waals surface area contributed by atoms with Gasteiger partial charge in [0.2, 0.25) is 0 Å². The Balaban J connectivity index is 1.84. The van der Waals surface area contributed by atoms with Crippen molar-refractivity contribution in [1.82, 2.24) is 5.32 Å². The van der Waals surface area contributed by atoms with Crippen LogP contribution in [0.2, 0.25) is 0 Å². The highest BCUT2D eigenvalue weighted by molar-refractivity contribution is 6.39. The molecule has 0 unspecified atom stereocenters. The molecular weight excluding hydrogens is 336 g/mol. The molecule has 7 heteroatoms. The Bertz CT molecular complexity index is 759. The Morgan fingerprint density at radius 3 is 2.15 bits per heavy atom. The molecule has 7 nitrogen and oxygen atoms in total. The zero-order chi connectivity index (χ0) is 18.9. The minimum absolute atomic E-state index is 0.352. The maximum Gasteiger partial charge on any atom is 0.313 e. The first-order chi connectivity index (χ1) is 12.6. The minimum atomic E-state index is -0.744. The van der Waals surface area contributed by atoms with Gasteiger partial charge >= 0.3 is 11.8 Å². The van der Waals surface area contributed by atoms with Crippen molar-refractivity contribution in [2.45, 2.75) is 6.42 Å². The molecule has 2 aromatic carbocycles. The van der Waals surface area contributed by atoms with Gasteiger partial charge in [-0.15, -0.1) is 0 Å². The topological polar surface area (TPSA) is 85.9 Å². The Morgan fingerprint density at radius 2 is 1.54 bits per heavy atom. The predicted molar refractivity (Wildman–Crippen MR) is 97.9 cm³/mol. The minimum Gasteiger partial charge on any atom is -0.497 e. The number of carbonyl (C=O) groups is 2. The number of nitrogens with one attached hydrogen (secondary N) is 2. The van der Waals surface area contributed by atoms with Crippen LogP contribution in [0, 0.1) is 0 Å². The molecule has 0 aromatic heterocycles. The maximum absolute atomic E-state index is 12.0. The molecule has 2 N–H and O–H groups in total. The standard InChI is InChI=1S/C19H22N2O5/c1-24-15-7-4-13(5-8-15)10-11-20-18(22)19(23)21-14-6-9-16(25-2)17(12-14)26-3/h4-9,12H,10-11H2,1-3H3,(H,20,22)(H,21,23). The van der Waals surface area contributed by atoms with Crippen molar-refractivity contribution in [3.05, 3.63) is 48.0 Å². The first-order valence-electron chi connectivity index (χ1n) is 8.01. The van der Waals surface area contributed by atoms with Crippen molar-refractivity contribution in [2.75, 3.05) is 33.2 Å². The van der Waals surface area contributed by atoms with Crippen molar-refractivity contribution in [1.29, 1.82) is 0 Å². The van der Waals surface area contributed by atoms with Gasteiger partial charge < -0.3 is 24.8 Å². The quantitative estimate of drug-likeness (QED) is 0.740. The van der Waals surface area contributed by atoms with Crippen molar-refractivity contribution in [2.24, 2.45) is 0 Å². The van der Waals surface area contributed by atoms with E-state index in [1.807, 2.05) is 24.3 Å². The van der Waals surface area contributed by atoms with Gasteiger partial charge in [0, 0.05) is 18.3 Å². The number of carbonyl (C=O) groups excluding carboxylic acids is 2. The lowest BCUT2D eigenvalue weighted by Crippen LogP contribution is -2.36. The number of hydrogen-bond donors (Lipinski definition) is 2. The number of methoxy groups -OCH3 is 3.